The summed E-state index contributed by atoms with van der Waals surface area (Å²) in [5.74, 6) is 1.43. The normalized spacial score (nSPS) is 17.1. The SMILES string of the molecule is CCCn1cc(OCC(C)CNC2CC2)cn1. The quantitative estimate of drug-likeness (QED) is 0.752. The fourth-order valence-corrected chi connectivity index (χ4v) is 1.72. The highest BCUT2D eigenvalue weighted by molar-refractivity contribution is 5.11. The number of rotatable bonds is 8. The summed E-state index contributed by atoms with van der Waals surface area (Å²) in [6.07, 6.45) is 7.57. The molecule has 1 aliphatic carbocycles. The lowest BCUT2D eigenvalue weighted by atomic mass is 10.2. The van der Waals surface area contributed by atoms with Crippen LogP contribution in [0.2, 0.25) is 0 Å². The summed E-state index contributed by atoms with van der Waals surface area (Å²) in [7, 11) is 0. The largest absolute Gasteiger partial charge is 0.490 e. The van der Waals surface area contributed by atoms with Crippen molar-refractivity contribution in [2.24, 2.45) is 5.92 Å². The van der Waals surface area contributed by atoms with E-state index < -0.39 is 0 Å². The molecular weight excluding hydrogens is 214 g/mol. The van der Waals surface area contributed by atoms with Crippen LogP contribution in [0.5, 0.6) is 5.75 Å². The molecule has 1 fully saturated rings. The molecule has 0 bridgehead atoms. The molecule has 1 saturated carbocycles. The van der Waals surface area contributed by atoms with Gasteiger partial charge in [-0.25, -0.2) is 0 Å². The third-order valence-corrected chi connectivity index (χ3v) is 2.93. The van der Waals surface area contributed by atoms with Crippen LogP contribution in [0.3, 0.4) is 0 Å². The van der Waals surface area contributed by atoms with Crippen LogP contribution in [0.15, 0.2) is 12.4 Å². The Labute approximate surface area is 103 Å². The molecule has 96 valence electrons. The molecule has 1 N–H and O–H groups in total. The van der Waals surface area contributed by atoms with E-state index in [-0.39, 0.29) is 0 Å². The second-order valence-electron chi connectivity index (χ2n) is 5.04. The molecule has 4 nitrogen and oxygen atoms in total. The number of hydrogen-bond donors (Lipinski definition) is 1. The maximum Gasteiger partial charge on any atom is 0.157 e. The molecule has 0 radical (unpaired) electrons. The maximum absolute atomic E-state index is 5.72. The van der Waals surface area contributed by atoms with Gasteiger partial charge in [-0.3, -0.25) is 4.68 Å². The average molecular weight is 237 g/mol. The lowest BCUT2D eigenvalue weighted by molar-refractivity contribution is 0.255. The van der Waals surface area contributed by atoms with Gasteiger partial charge in [0.1, 0.15) is 0 Å². The van der Waals surface area contributed by atoms with Crippen molar-refractivity contribution >= 4 is 0 Å². The highest BCUT2D eigenvalue weighted by Crippen LogP contribution is 2.19. The molecule has 4 heteroatoms. The molecule has 0 spiro atoms. The second kappa shape index (κ2) is 6.05. The van der Waals surface area contributed by atoms with Gasteiger partial charge in [0.15, 0.2) is 5.75 Å². The molecule has 1 unspecified atom stereocenters. The summed E-state index contributed by atoms with van der Waals surface area (Å²) < 4.78 is 7.66. The van der Waals surface area contributed by atoms with Crippen molar-refractivity contribution in [1.29, 1.82) is 0 Å². The highest BCUT2D eigenvalue weighted by Gasteiger charge is 2.20. The first kappa shape index (κ1) is 12.4. The van der Waals surface area contributed by atoms with E-state index in [0.717, 1.165) is 37.9 Å². The van der Waals surface area contributed by atoms with Crippen molar-refractivity contribution in [2.75, 3.05) is 13.2 Å². The number of ether oxygens (including phenoxy) is 1. The smallest absolute Gasteiger partial charge is 0.157 e. The first-order valence-corrected chi connectivity index (χ1v) is 6.66. The monoisotopic (exact) mass is 237 g/mol. The number of hydrogen-bond acceptors (Lipinski definition) is 3. The second-order valence-corrected chi connectivity index (χ2v) is 5.04. The number of nitrogens with zero attached hydrogens (tertiary/aromatic N) is 2. The third-order valence-electron chi connectivity index (χ3n) is 2.93. The van der Waals surface area contributed by atoms with Crippen molar-refractivity contribution < 1.29 is 4.74 Å². The van der Waals surface area contributed by atoms with E-state index in [4.69, 9.17) is 4.74 Å². The van der Waals surface area contributed by atoms with E-state index in [1.807, 2.05) is 10.9 Å². The Morgan fingerprint density at radius 1 is 1.59 bits per heavy atom. The zero-order valence-electron chi connectivity index (χ0n) is 10.9. The fraction of sp³-hybridized carbons (Fsp3) is 0.769. The van der Waals surface area contributed by atoms with Crippen LogP contribution in [0.1, 0.15) is 33.1 Å². The summed E-state index contributed by atoms with van der Waals surface area (Å²) in [4.78, 5) is 0. The number of aromatic nitrogens is 2. The van der Waals surface area contributed by atoms with Gasteiger partial charge < -0.3 is 10.1 Å². The molecule has 2 rings (SSSR count). The Morgan fingerprint density at radius 3 is 3.12 bits per heavy atom. The molecule has 0 amide bonds. The molecule has 0 aromatic carbocycles. The van der Waals surface area contributed by atoms with E-state index in [1.54, 1.807) is 6.20 Å². The Bertz CT molecular complexity index is 333. The lowest BCUT2D eigenvalue weighted by Crippen LogP contribution is -2.26. The summed E-state index contributed by atoms with van der Waals surface area (Å²) in [5.41, 5.74) is 0. The van der Waals surface area contributed by atoms with E-state index >= 15 is 0 Å². The van der Waals surface area contributed by atoms with Gasteiger partial charge in [-0.15, -0.1) is 0 Å². The first-order valence-electron chi connectivity index (χ1n) is 6.66. The maximum atomic E-state index is 5.72. The number of nitrogens with one attached hydrogen (secondary N) is 1. The minimum atomic E-state index is 0.546. The molecule has 1 atom stereocenters. The Hall–Kier alpha value is -1.03. The van der Waals surface area contributed by atoms with Crippen molar-refractivity contribution in [3.63, 3.8) is 0 Å². The number of aryl methyl sites for hydroxylation is 1. The molecule has 0 saturated heterocycles. The van der Waals surface area contributed by atoms with Crippen LogP contribution in [-0.4, -0.2) is 29.0 Å². The van der Waals surface area contributed by atoms with Gasteiger partial charge in [-0.2, -0.15) is 5.10 Å². The van der Waals surface area contributed by atoms with Crippen molar-refractivity contribution in [2.45, 2.75) is 45.7 Å². The summed E-state index contributed by atoms with van der Waals surface area (Å²) >= 11 is 0. The molecule has 1 heterocycles. The third kappa shape index (κ3) is 4.38. The molecule has 1 aromatic rings. The molecule has 1 aliphatic rings. The Balaban J connectivity index is 1.64. The van der Waals surface area contributed by atoms with Gasteiger partial charge in [0, 0.05) is 25.0 Å². The van der Waals surface area contributed by atoms with Crippen LogP contribution in [0, 0.1) is 5.92 Å². The van der Waals surface area contributed by atoms with Gasteiger partial charge in [0.05, 0.1) is 19.0 Å². The Kier molecular flexibility index (Phi) is 4.42. The topological polar surface area (TPSA) is 39.1 Å². The molecular formula is C13H23N3O. The van der Waals surface area contributed by atoms with Gasteiger partial charge in [0.25, 0.3) is 0 Å². The predicted octanol–water partition coefficient (Wildman–Crippen LogP) is 2.06. The average Bonchev–Trinajstić information content (AvgIpc) is 3.05. The summed E-state index contributed by atoms with van der Waals surface area (Å²) in [6.45, 7) is 7.13. The van der Waals surface area contributed by atoms with E-state index in [1.165, 1.54) is 12.8 Å². The minimum Gasteiger partial charge on any atom is -0.490 e. The molecule has 1 aromatic heterocycles. The molecule has 0 aliphatic heterocycles. The highest BCUT2D eigenvalue weighted by atomic mass is 16.5. The van der Waals surface area contributed by atoms with Crippen LogP contribution in [0.4, 0.5) is 0 Å². The van der Waals surface area contributed by atoms with Gasteiger partial charge in [-0.05, 0) is 19.3 Å². The van der Waals surface area contributed by atoms with Crippen LogP contribution in [0.25, 0.3) is 0 Å². The Morgan fingerprint density at radius 2 is 2.41 bits per heavy atom. The van der Waals surface area contributed by atoms with Gasteiger partial charge >= 0.3 is 0 Å². The summed E-state index contributed by atoms with van der Waals surface area (Å²) in [6, 6.07) is 0.782. The first-order chi connectivity index (χ1) is 8.28. The van der Waals surface area contributed by atoms with E-state index in [0.29, 0.717) is 5.92 Å². The van der Waals surface area contributed by atoms with Gasteiger partial charge in [0.2, 0.25) is 0 Å². The fourth-order valence-electron chi connectivity index (χ4n) is 1.72. The van der Waals surface area contributed by atoms with Crippen LogP contribution < -0.4 is 10.1 Å². The van der Waals surface area contributed by atoms with Crippen molar-refractivity contribution in [3.05, 3.63) is 12.4 Å². The zero-order chi connectivity index (χ0) is 12.1. The zero-order valence-corrected chi connectivity index (χ0v) is 10.9. The standard InChI is InChI=1S/C13H23N3O/c1-3-6-16-9-13(8-15-16)17-10-11(2)7-14-12-4-5-12/h8-9,11-12,14H,3-7,10H2,1-2H3. The van der Waals surface area contributed by atoms with E-state index in [9.17, 15) is 0 Å². The summed E-state index contributed by atoms with van der Waals surface area (Å²) in [5, 5.41) is 7.76. The van der Waals surface area contributed by atoms with E-state index in [2.05, 4.69) is 24.3 Å². The van der Waals surface area contributed by atoms with Gasteiger partial charge in [-0.1, -0.05) is 13.8 Å². The predicted molar refractivity (Wildman–Crippen MR) is 68.2 cm³/mol. The van der Waals surface area contributed by atoms with Crippen LogP contribution >= 0.6 is 0 Å². The molecule has 17 heavy (non-hydrogen) atoms. The lowest BCUT2D eigenvalue weighted by Gasteiger charge is -2.12. The van der Waals surface area contributed by atoms with Crippen molar-refractivity contribution in [3.8, 4) is 5.75 Å². The minimum absolute atomic E-state index is 0.546. The van der Waals surface area contributed by atoms with Crippen LogP contribution in [-0.2, 0) is 6.54 Å². The van der Waals surface area contributed by atoms with Crippen molar-refractivity contribution in [1.82, 2.24) is 15.1 Å².